The summed E-state index contributed by atoms with van der Waals surface area (Å²) in [6.45, 7) is -0.145. The van der Waals surface area contributed by atoms with Crippen molar-refractivity contribution in [3.05, 3.63) is 68.3 Å². The summed E-state index contributed by atoms with van der Waals surface area (Å²) in [5.74, 6) is 3.09. The highest BCUT2D eigenvalue weighted by Crippen LogP contribution is 2.38. The molecule has 1 fully saturated rings. The lowest BCUT2D eigenvalue weighted by molar-refractivity contribution is -0.385. The van der Waals surface area contributed by atoms with Crippen LogP contribution in [0.3, 0.4) is 0 Å². The Balaban J connectivity index is 1.82. The van der Waals surface area contributed by atoms with Crippen LogP contribution >= 0.6 is 0 Å². The van der Waals surface area contributed by atoms with E-state index in [0.717, 1.165) is 32.1 Å². The van der Waals surface area contributed by atoms with E-state index in [4.69, 9.17) is 20.9 Å². The minimum Gasteiger partial charge on any atom is -0.493 e. The number of hydrogen-bond acceptors (Lipinski definition) is 7. The summed E-state index contributed by atoms with van der Waals surface area (Å²) in [6.07, 6.45) is 11.8. The molecule has 1 aliphatic rings. The second-order valence-corrected chi connectivity index (χ2v) is 8.00. The molecule has 4 rings (SSSR count). The van der Waals surface area contributed by atoms with Gasteiger partial charge in [0.25, 0.3) is 5.56 Å². The van der Waals surface area contributed by atoms with Crippen LogP contribution in [0.25, 0.3) is 10.9 Å². The molecule has 1 saturated carbocycles. The molecule has 0 spiro atoms. The van der Waals surface area contributed by atoms with Gasteiger partial charge < -0.3 is 9.47 Å². The van der Waals surface area contributed by atoms with Crippen LogP contribution in [-0.4, -0.2) is 34.5 Å². The van der Waals surface area contributed by atoms with Gasteiger partial charge in [0.15, 0.2) is 5.75 Å². The average molecular weight is 460 g/mol. The molecule has 0 amide bonds. The Morgan fingerprint density at radius 1 is 1.29 bits per heavy atom. The van der Waals surface area contributed by atoms with Crippen molar-refractivity contribution in [1.29, 1.82) is 0 Å². The number of para-hydroxylation sites is 1. The van der Waals surface area contributed by atoms with Crippen molar-refractivity contribution in [2.45, 2.75) is 38.0 Å². The number of terminal acetylenes is 1. The van der Waals surface area contributed by atoms with Gasteiger partial charge in [0, 0.05) is 17.5 Å². The molecule has 0 atom stereocenters. The zero-order valence-corrected chi connectivity index (χ0v) is 18.8. The monoisotopic (exact) mass is 460 g/mol. The van der Waals surface area contributed by atoms with Crippen LogP contribution in [0, 0.1) is 22.5 Å². The van der Waals surface area contributed by atoms with Crippen LogP contribution in [0.4, 0.5) is 5.69 Å². The van der Waals surface area contributed by atoms with Gasteiger partial charge in [-0.2, -0.15) is 9.78 Å². The lowest BCUT2D eigenvalue weighted by atomic mass is 9.88. The number of benzene rings is 2. The molecule has 0 N–H and O–H groups in total. The smallest absolute Gasteiger partial charge is 0.315 e. The number of rotatable bonds is 7. The molecular formula is C25H24N4O5. The van der Waals surface area contributed by atoms with E-state index in [1.54, 1.807) is 18.2 Å². The van der Waals surface area contributed by atoms with Crippen molar-refractivity contribution in [2.75, 3.05) is 13.7 Å². The van der Waals surface area contributed by atoms with E-state index in [1.165, 1.54) is 24.1 Å². The molecule has 3 aromatic rings. The standard InChI is InChI=1S/C25H24N4O5/c1-3-13-34-23-21(29(31)32)14-17(15-22(23)33-2)16-26-28-24(18-9-5-4-6-10-18)27-20-12-8-7-11-19(20)25(28)30/h1,7-8,11-12,14-16,18H,4-6,9-10,13H2,2H3. The SMILES string of the molecule is C#CCOc1c(OC)cc(C=Nn2c(C3CCCCC3)nc3ccccc3c2=O)cc1[N+](=O)[O-]. The molecule has 9 heteroatoms. The van der Waals surface area contributed by atoms with Gasteiger partial charge in [-0.3, -0.25) is 14.9 Å². The van der Waals surface area contributed by atoms with Crippen molar-refractivity contribution in [1.82, 2.24) is 9.66 Å². The second kappa shape index (κ2) is 10.2. The normalized spacial score (nSPS) is 14.2. The van der Waals surface area contributed by atoms with Crippen molar-refractivity contribution < 1.29 is 14.4 Å². The first-order valence-electron chi connectivity index (χ1n) is 11.0. The van der Waals surface area contributed by atoms with Crippen molar-refractivity contribution in [3.8, 4) is 23.8 Å². The molecule has 1 aliphatic carbocycles. The number of nitro benzene ring substituents is 1. The first-order chi connectivity index (χ1) is 16.5. The van der Waals surface area contributed by atoms with Gasteiger partial charge in [-0.15, -0.1) is 6.42 Å². The number of fused-ring (bicyclic) bond motifs is 1. The van der Waals surface area contributed by atoms with Crippen LogP contribution in [0.2, 0.25) is 0 Å². The van der Waals surface area contributed by atoms with E-state index >= 15 is 0 Å². The third-order valence-electron chi connectivity index (χ3n) is 5.85. The van der Waals surface area contributed by atoms with E-state index in [9.17, 15) is 14.9 Å². The summed E-state index contributed by atoms with van der Waals surface area (Å²) in [5.41, 5.74) is 0.406. The van der Waals surface area contributed by atoms with Crippen LogP contribution in [0.1, 0.15) is 49.4 Å². The van der Waals surface area contributed by atoms with E-state index in [2.05, 4.69) is 11.0 Å². The average Bonchev–Trinajstić information content (AvgIpc) is 2.87. The molecular weight excluding hydrogens is 436 g/mol. The summed E-state index contributed by atoms with van der Waals surface area (Å²) in [4.78, 5) is 29.2. The predicted molar refractivity (Wildman–Crippen MR) is 129 cm³/mol. The van der Waals surface area contributed by atoms with Gasteiger partial charge in [0.1, 0.15) is 12.4 Å². The maximum Gasteiger partial charge on any atom is 0.315 e. The molecule has 0 radical (unpaired) electrons. The minimum atomic E-state index is -0.580. The van der Waals surface area contributed by atoms with Crippen molar-refractivity contribution in [2.24, 2.45) is 5.10 Å². The van der Waals surface area contributed by atoms with Gasteiger partial charge in [-0.1, -0.05) is 37.3 Å². The zero-order chi connectivity index (χ0) is 24.1. The molecule has 1 aromatic heterocycles. The molecule has 174 valence electrons. The van der Waals surface area contributed by atoms with Gasteiger partial charge in [0.2, 0.25) is 5.75 Å². The predicted octanol–water partition coefficient (Wildman–Crippen LogP) is 4.26. The lowest BCUT2D eigenvalue weighted by Crippen LogP contribution is -2.25. The fourth-order valence-electron chi connectivity index (χ4n) is 4.23. The first kappa shape index (κ1) is 23.0. The Kier molecular flexibility index (Phi) is 6.87. The molecule has 2 aromatic carbocycles. The van der Waals surface area contributed by atoms with Crippen molar-refractivity contribution in [3.63, 3.8) is 0 Å². The van der Waals surface area contributed by atoms with E-state index in [-0.39, 0.29) is 35.3 Å². The van der Waals surface area contributed by atoms with Gasteiger partial charge >= 0.3 is 5.69 Å². The molecule has 0 unspecified atom stereocenters. The maximum atomic E-state index is 13.3. The highest BCUT2D eigenvalue weighted by molar-refractivity contribution is 5.83. The highest BCUT2D eigenvalue weighted by Gasteiger charge is 2.24. The summed E-state index contributed by atoms with van der Waals surface area (Å²) in [5, 5.41) is 16.5. The van der Waals surface area contributed by atoms with Crippen LogP contribution in [0.5, 0.6) is 11.5 Å². The van der Waals surface area contributed by atoms with Gasteiger partial charge in [0.05, 0.1) is 29.2 Å². The third kappa shape index (κ3) is 4.62. The van der Waals surface area contributed by atoms with E-state index in [1.807, 2.05) is 12.1 Å². The molecule has 1 heterocycles. The number of aromatic nitrogens is 2. The minimum absolute atomic E-state index is 0.0602. The topological polar surface area (TPSA) is 109 Å². The summed E-state index contributed by atoms with van der Waals surface area (Å²) < 4.78 is 11.9. The van der Waals surface area contributed by atoms with Crippen LogP contribution in [-0.2, 0) is 0 Å². The first-order valence-corrected chi connectivity index (χ1v) is 11.0. The Hall–Kier alpha value is -4.19. The highest BCUT2D eigenvalue weighted by atomic mass is 16.6. The number of ether oxygens (including phenoxy) is 2. The van der Waals surface area contributed by atoms with Crippen LogP contribution < -0.4 is 15.0 Å². The number of hydrogen-bond donors (Lipinski definition) is 0. The lowest BCUT2D eigenvalue weighted by Gasteiger charge is -2.22. The Labute approximate surface area is 196 Å². The number of nitro groups is 1. The number of nitrogens with zero attached hydrogens (tertiary/aromatic N) is 4. The van der Waals surface area contributed by atoms with E-state index < -0.39 is 4.92 Å². The second-order valence-electron chi connectivity index (χ2n) is 8.00. The Bertz CT molecular complexity index is 1350. The van der Waals surface area contributed by atoms with Gasteiger partial charge in [-0.25, -0.2) is 4.98 Å². The van der Waals surface area contributed by atoms with Crippen molar-refractivity contribution >= 4 is 22.8 Å². The summed E-state index contributed by atoms with van der Waals surface area (Å²) >= 11 is 0. The fourth-order valence-corrected chi connectivity index (χ4v) is 4.23. The maximum absolute atomic E-state index is 13.3. The fraction of sp³-hybridized carbons (Fsp3) is 0.320. The molecule has 0 saturated heterocycles. The summed E-state index contributed by atoms with van der Waals surface area (Å²) in [7, 11) is 1.38. The zero-order valence-electron chi connectivity index (χ0n) is 18.8. The van der Waals surface area contributed by atoms with Gasteiger partial charge in [-0.05, 0) is 31.0 Å². The molecule has 0 bridgehead atoms. The quantitative estimate of drug-likeness (QED) is 0.226. The van der Waals surface area contributed by atoms with E-state index in [0.29, 0.717) is 22.3 Å². The Morgan fingerprint density at radius 3 is 2.76 bits per heavy atom. The molecule has 9 nitrogen and oxygen atoms in total. The largest absolute Gasteiger partial charge is 0.493 e. The Morgan fingerprint density at radius 2 is 2.06 bits per heavy atom. The van der Waals surface area contributed by atoms with Crippen LogP contribution in [0.15, 0.2) is 46.3 Å². The molecule has 0 aliphatic heterocycles. The number of methoxy groups -OCH3 is 1. The summed E-state index contributed by atoms with van der Waals surface area (Å²) in [6, 6.07) is 10.0. The third-order valence-corrected chi connectivity index (χ3v) is 5.85. The molecule has 34 heavy (non-hydrogen) atoms.